The molecule has 16 nitrogen and oxygen atoms in total. The van der Waals surface area contributed by atoms with Gasteiger partial charge in [-0.1, -0.05) is 0 Å². The Labute approximate surface area is 202 Å². The molecule has 1 fully saturated rings. The first-order valence-corrected chi connectivity index (χ1v) is 10.6. The summed E-state index contributed by atoms with van der Waals surface area (Å²) in [6, 6.07) is 0. The molecule has 0 radical (unpaired) electrons. The zero-order chi connectivity index (χ0) is 26.9. The van der Waals surface area contributed by atoms with Crippen molar-refractivity contribution in [2.24, 2.45) is 28.2 Å². The van der Waals surface area contributed by atoms with Crippen LogP contribution in [0.1, 0.15) is 11.4 Å². The fraction of sp³-hybridized carbons (Fsp3) is 0.400. The van der Waals surface area contributed by atoms with Crippen LogP contribution in [0.4, 0.5) is 11.4 Å². The molecule has 0 atom stereocenters. The van der Waals surface area contributed by atoms with Crippen molar-refractivity contribution in [2.45, 2.75) is 0 Å². The molecule has 36 heavy (non-hydrogen) atoms. The van der Waals surface area contributed by atoms with Gasteiger partial charge in [-0.25, -0.2) is 9.59 Å². The largest absolute Gasteiger partial charge is 0.374 e. The second-order valence-electron chi connectivity index (χ2n) is 8.10. The van der Waals surface area contributed by atoms with Gasteiger partial charge in [0.25, 0.3) is 0 Å². The van der Waals surface area contributed by atoms with E-state index in [0.29, 0.717) is 35.3 Å². The third-order valence-electron chi connectivity index (χ3n) is 5.97. The monoisotopic (exact) mass is 504 g/mol. The van der Waals surface area contributed by atoms with Gasteiger partial charge in [-0.05, 0) is 12.2 Å². The number of nitro groups is 2. The molecule has 0 unspecified atom stereocenters. The van der Waals surface area contributed by atoms with Gasteiger partial charge in [0, 0.05) is 66.8 Å². The van der Waals surface area contributed by atoms with E-state index in [9.17, 15) is 39.4 Å². The summed E-state index contributed by atoms with van der Waals surface area (Å²) in [6.45, 7) is 1.80. The first-order chi connectivity index (χ1) is 16.9. The molecular weight excluding hydrogens is 480 g/mol. The lowest BCUT2D eigenvalue weighted by Gasteiger charge is -2.33. The predicted octanol–water partition coefficient (Wildman–Crippen LogP) is -1.44. The molecule has 1 saturated heterocycles. The van der Waals surface area contributed by atoms with E-state index >= 15 is 0 Å². The number of aromatic nitrogens is 4. The zero-order valence-corrected chi connectivity index (χ0v) is 20.0. The molecule has 0 amide bonds. The Balaban J connectivity index is 1.80. The van der Waals surface area contributed by atoms with E-state index in [1.807, 2.05) is 9.80 Å². The van der Waals surface area contributed by atoms with Gasteiger partial charge >= 0.3 is 33.9 Å². The second kappa shape index (κ2) is 9.85. The van der Waals surface area contributed by atoms with Gasteiger partial charge in [-0.2, -0.15) is 0 Å². The molecule has 0 spiro atoms. The van der Waals surface area contributed by atoms with E-state index in [2.05, 4.69) is 0 Å². The number of hydrogen-bond donors (Lipinski definition) is 0. The maximum absolute atomic E-state index is 12.2. The van der Waals surface area contributed by atoms with E-state index in [4.69, 9.17) is 0 Å². The van der Waals surface area contributed by atoms with E-state index < -0.39 is 43.7 Å². The molecule has 192 valence electrons. The van der Waals surface area contributed by atoms with Gasteiger partial charge in [-0.3, -0.25) is 48.1 Å². The first kappa shape index (κ1) is 25.9. The molecule has 3 heterocycles. The van der Waals surface area contributed by atoms with Crippen LogP contribution < -0.4 is 22.5 Å². The van der Waals surface area contributed by atoms with Crippen LogP contribution in [0.25, 0.3) is 12.2 Å². The summed E-state index contributed by atoms with van der Waals surface area (Å²) in [5.41, 5.74) is -5.08. The number of hydrogen-bond acceptors (Lipinski definition) is 10. The molecule has 0 saturated carbocycles. The summed E-state index contributed by atoms with van der Waals surface area (Å²) in [5.74, 6) is 0. The number of nitrogens with zero attached hydrogens (tertiary/aromatic N) is 8. The third kappa shape index (κ3) is 4.59. The SMILES string of the molecule is Cn1c(C=CN2CCN(C=Cc3c([N+](=O)[O-])c(=O)n(C)c(=O)n3C)CC2)c([N+](=O)[O-])c(=O)n(C)c1=O. The van der Waals surface area contributed by atoms with Crippen LogP contribution >= 0.6 is 0 Å². The standard InChI is InChI=1S/C20H24N8O8/c1-21-13(15(27(33)34)17(29)23(3)19(21)31)5-7-25-9-11-26(12-10-25)8-6-14-16(28(35)36)18(30)24(4)20(32)22(14)2/h5-8H,9-12H2,1-4H3. The van der Waals surface area contributed by atoms with Crippen LogP contribution in [0.15, 0.2) is 31.6 Å². The van der Waals surface area contributed by atoms with Crippen molar-refractivity contribution in [1.82, 2.24) is 28.1 Å². The fourth-order valence-electron chi connectivity index (χ4n) is 3.80. The maximum Gasteiger partial charge on any atom is 0.357 e. The maximum atomic E-state index is 12.2. The molecule has 1 aliphatic rings. The van der Waals surface area contributed by atoms with Gasteiger partial charge in [-0.15, -0.1) is 0 Å². The summed E-state index contributed by atoms with van der Waals surface area (Å²) >= 11 is 0. The van der Waals surface area contributed by atoms with Gasteiger partial charge in [0.1, 0.15) is 11.4 Å². The van der Waals surface area contributed by atoms with Crippen molar-refractivity contribution in [2.75, 3.05) is 26.2 Å². The average Bonchev–Trinajstić information content (AvgIpc) is 2.84. The van der Waals surface area contributed by atoms with Crippen LogP contribution in [-0.2, 0) is 28.2 Å². The molecule has 16 heteroatoms. The molecule has 2 aromatic heterocycles. The second-order valence-corrected chi connectivity index (χ2v) is 8.10. The van der Waals surface area contributed by atoms with Crippen molar-refractivity contribution in [1.29, 1.82) is 0 Å². The van der Waals surface area contributed by atoms with E-state index in [-0.39, 0.29) is 11.4 Å². The predicted molar refractivity (Wildman–Crippen MR) is 128 cm³/mol. The molecule has 2 aromatic rings. The van der Waals surface area contributed by atoms with E-state index in [0.717, 1.165) is 23.2 Å². The van der Waals surface area contributed by atoms with E-state index in [1.165, 1.54) is 26.2 Å². The molecule has 0 bridgehead atoms. The highest BCUT2D eigenvalue weighted by atomic mass is 16.6. The summed E-state index contributed by atoms with van der Waals surface area (Å²) < 4.78 is 3.39. The highest BCUT2D eigenvalue weighted by Crippen LogP contribution is 2.15. The quantitative estimate of drug-likeness (QED) is 0.334. The minimum Gasteiger partial charge on any atom is -0.374 e. The van der Waals surface area contributed by atoms with Crippen LogP contribution in [0, 0.1) is 20.2 Å². The summed E-state index contributed by atoms with van der Waals surface area (Å²) in [5, 5.41) is 22.8. The Kier molecular flexibility index (Phi) is 7.07. The fourth-order valence-corrected chi connectivity index (χ4v) is 3.80. The van der Waals surface area contributed by atoms with Gasteiger partial charge in [0.2, 0.25) is 0 Å². The Morgan fingerprint density at radius 1 is 0.611 bits per heavy atom. The minimum absolute atomic E-state index is 0.130. The molecule has 1 aliphatic heterocycles. The van der Waals surface area contributed by atoms with Crippen molar-refractivity contribution in [3.8, 4) is 0 Å². The van der Waals surface area contributed by atoms with Crippen molar-refractivity contribution in [3.63, 3.8) is 0 Å². The van der Waals surface area contributed by atoms with Gasteiger partial charge in [0.15, 0.2) is 0 Å². The lowest BCUT2D eigenvalue weighted by Crippen LogP contribution is -2.42. The Morgan fingerprint density at radius 2 is 0.917 bits per heavy atom. The third-order valence-corrected chi connectivity index (χ3v) is 5.97. The van der Waals surface area contributed by atoms with Crippen LogP contribution in [0.3, 0.4) is 0 Å². The van der Waals surface area contributed by atoms with Gasteiger partial charge < -0.3 is 9.80 Å². The molecule has 0 N–H and O–H groups in total. The first-order valence-electron chi connectivity index (χ1n) is 10.6. The Morgan fingerprint density at radius 3 is 1.19 bits per heavy atom. The topological polar surface area (TPSA) is 181 Å². The number of piperazine rings is 1. The van der Waals surface area contributed by atoms with Crippen LogP contribution in [0.5, 0.6) is 0 Å². The minimum atomic E-state index is -1.00. The highest BCUT2D eigenvalue weighted by molar-refractivity contribution is 5.57. The molecule has 0 aliphatic carbocycles. The average molecular weight is 504 g/mol. The van der Waals surface area contributed by atoms with E-state index in [1.54, 1.807) is 12.4 Å². The summed E-state index contributed by atoms with van der Waals surface area (Å²) in [7, 11) is 5.00. The molecule has 3 rings (SSSR count). The number of rotatable bonds is 6. The van der Waals surface area contributed by atoms with Gasteiger partial charge in [0.05, 0.1) is 9.85 Å². The van der Waals surface area contributed by atoms with Crippen LogP contribution in [-0.4, -0.2) is 64.1 Å². The zero-order valence-electron chi connectivity index (χ0n) is 20.0. The van der Waals surface area contributed by atoms with Crippen molar-refractivity contribution >= 4 is 23.5 Å². The lowest BCUT2D eigenvalue weighted by atomic mass is 10.2. The normalized spacial score (nSPS) is 14.2. The molecule has 0 aromatic carbocycles. The van der Waals surface area contributed by atoms with Crippen molar-refractivity contribution < 1.29 is 9.85 Å². The lowest BCUT2D eigenvalue weighted by molar-refractivity contribution is -0.387. The summed E-state index contributed by atoms with van der Waals surface area (Å²) in [4.78, 5) is 73.6. The summed E-state index contributed by atoms with van der Waals surface area (Å²) in [6.07, 6.45) is 5.78. The molecular formula is C20H24N8O8. The Bertz CT molecular complexity index is 1420. The highest BCUT2D eigenvalue weighted by Gasteiger charge is 2.25. The Hall–Kier alpha value is -4.76. The van der Waals surface area contributed by atoms with Crippen molar-refractivity contribution in [3.05, 3.63) is 85.7 Å². The van der Waals surface area contributed by atoms with Crippen LogP contribution in [0.2, 0.25) is 0 Å². The smallest absolute Gasteiger partial charge is 0.357 e.